The van der Waals surface area contributed by atoms with E-state index >= 15 is 0 Å². The van der Waals surface area contributed by atoms with Crippen molar-refractivity contribution in [2.24, 2.45) is 0 Å². The summed E-state index contributed by atoms with van der Waals surface area (Å²) >= 11 is 0. The van der Waals surface area contributed by atoms with Crippen LogP contribution in [0.2, 0.25) is 0 Å². The molecule has 128 valence electrons. The van der Waals surface area contributed by atoms with Crippen molar-refractivity contribution in [1.29, 1.82) is 0 Å². The van der Waals surface area contributed by atoms with Gasteiger partial charge in [-0.15, -0.1) is 0 Å². The fourth-order valence-electron chi connectivity index (χ4n) is 2.11. The predicted molar refractivity (Wildman–Crippen MR) is 89.0 cm³/mol. The molecule has 0 aliphatic heterocycles. The average molecular weight is 331 g/mol. The highest BCUT2D eigenvalue weighted by atomic mass is 16.5. The van der Waals surface area contributed by atoms with Gasteiger partial charge in [0.15, 0.2) is 0 Å². The minimum absolute atomic E-state index is 0.0995. The van der Waals surface area contributed by atoms with Crippen molar-refractivity contribution in [3.63, 3.8) is 0 Å². The minimum atomic E-state index is -0.797. The molecule has 0 spiro atoms. The summed E-state index contributed by atoms with van der Waals surface area (Å²) in [6.07, 6.45) is 0.822. The molecule has 0 saturated heterocycles. The van der Waals surface area contributed by atoms with Gasteiger partial charge in [-0.1, -0.05) is 18.2 Å². The van der Waals surface area contributed by atoms with Crippen molar-refractivity contribution in [1.82, 2.24) is 15.6 Å². The number of carbonyl (C=O) groups is 1. The van der Waals surface area contributed by atoms with Gasteiger partial charge < -0.3 is 25.2 Å². The third-order valence-electron chi connectivity index (χ3n) is 3.44. The van der Waals surface area contributed by atoms with Gasteiger partial charge in [0.05, 0.1) is 20.3 Å². The van der Waals surface area contributed by atoms with Crippen LogP contribution in [0.25, 0.3) is 0 Å². The lowest BCUT2D eigenvalue weighted by Gasteiger charge is -2.14. The molecule has 0 fully saturated rings. The number of urea groups is 1. The Morgan fingerprint density at radius 1 is 1.17 bits per heavy atom. The Morgan fingerprint density at radius 3 is 2.58 bits per heavy atom. The van der Waals surface area contributed by atoms with E-state index in [1.807, 2.05) is 6.07 Å². The highest BCUT2D eigenvalue weighted by Crippen LogP contribution is 2.17. The highest BCUT2D eigenvalue weighted by Gasteiger charge is 2.10. The largest absolute Gasteiger partial charge is 0.497 e. The lowest BCUT2D eigenvalue weighted by molar-refractivity contribution is 0.173. The van der Waals surface area contributed by atoms with Crippen LogP contribution in [0.4, 0.5) is 4.79 Å². The first-order valence-electron chi connectivity index (χ1n) is 7.45. The van der Waals surface area contributed by atoms with Gasteiger partial charge in [0.25, 0.3) is 0 Å². The number of amides is 2. The van der Waals surface area contributed by atoms with Gasteiger partial charge in [0.2, 0.25) is 5.88 Å². The van der Waals surface area contributed by atoms with Gasteiger partial charge in [-0.3, -0.25) is 0 Å². The number of ether oxygens (including phenoxy) is 2. The number of nitrogens with zero attached hydrogens (tertiary/aromatic N) is 1. The molecule has 0 radical (unpaired) electrons. The molecule has 0 aliphatic rings. The Labute approximate surface area is 140 Å². The van der Waals surface area contributed by atoms with Gasteiger partial charge in [-0.05, 0) is 23.8 Å². The molecule has 0 saturated carbocycles. The van der Waals surface area contributed by atoms with Crippen LogP contribution in [-0.4, -0.2) is 36.9 Å². The van der Waals surface area contributed by atoms with E-state index in [0.29, 0.717) is 17.2 Å². The zero-order valence-corrected chi connectivity index (χ0v) is 13.7. The molecule has 1 heterocycles. The van der Waals surface area contributed by atoms with E-state index in [0.717, 1.165) is 5.56 Å². The van der Waals surface area contributed by atoms with Crippen molar-refractivity contribution in [2.75, 3.05) is 20.8 Å². The second-order valence-corrected chi connectivity index (χ2v) is 5.02. The standard InChI is InChI=1S/C17H21N3O4/c1-23-14-7-5-12(6-8-14)15(21)11-20-17(22)19-10-13-4-3-9-18-16(13)24-2/h3-9,15,21H,10-11H2,1-2H3,(H2,19,20,22). The number of carbonyl (C=O) groups excluding carboxylic acids is 1. The maximum absolute atomic E-state index is 11.8. The summed E-state index contributed by atoms with van der Waals surface area (Å²) in [5.74, 6) is 1.18. The van der Waals surface area contributed by atoms with Gasteiger partial charge in [-0.25, -0.2) is 9.78 Å². The molecule has 7 nitrogen and oxygen atoms in total. The smallest absolute Gasteiger partial charge is 0.315 e. The van der Waals surface area contributed by atoms with E-state index in [1.54, 1.807) is 43.6 Å². The number of rotatable bonds is 7. The van der Waals surface area contributed by atoms with Crippen molar-refractivity contribution < 1.29 is 19.4 Å². The third-order valence-corrected chi connectivity index (χ3v) is 3.44. The second-order valence-electron chi connectivity index (χ2n) is 5.02. The quantitative estimate of drug-likeness (QED) is 0.717. The van der Waals surface area contributed by atoms with E-state index in [1.165, 1.54) is 7.11 Å². The Bertz CT molecular complexity index is 661. The van der Waals surface area contributed by atoms with E-state index in [4.69, 9.17) is 9.47 Å². The summed E-state index contributed by atoms with van der Waals surface area (Å²) in [6, 6.07) is 10.2. The fraction of sp³-hybridized carbons (Fsp3) is 0.294. The Hall–Kier alpha value is -2.80. The van der Waals surface area contributed by atoms with Crippen molar-refractivity contribution in [3.8, 4) is 11.6 Å². The Kier molecular flexibility index (Phi) is 6.39. The van der Waals surface area contributed by atoms with Crippen LogP contribution >= 0.6 is 0 Å². The summed E-state index contributed by atoms with van der Waals surface area (Å²) in [7, 11) is 3.10. The van der Waals surface area contributed by atoms with Crippen LogP contribution < -0.4 is 20.1 Å². The van der Waals surface area contributed by atoms with Crippen LogP contribution in [0.3, 0.4) is 0 Å². The molecule has 3 N–H and O–H groups in total. The normalized spacial score (nSPS) is 11.5. The lowest BCUT2D eigenvalue weighted by atomic mass is 10.1. The number of aliphatic hydroxyl groups excluding tert-OH is 1. The van der Waals surface area contributed by atoms with Crippen LogP contribution in [0, 0.1) is 0 Å². The van der Waals surface area contributed by atoms with Crippen molar-refractivity contribution >= 4 is 6.03 Å². The first-order chi connectivity index (χ1) is 11.6. The second kappa shape index (κ2) is 8.73. The molecular weight excluding hydrogens is 310 g/mol. The Balaban J connectivity index is 1.79. The monoisotopic (exact) mass is 331 g/mol. The van der Waals surface area contributed by atoms with Gasteiger partial charge in [-0.2, -0.15) is 0 Å². The molecule has 2 rings (SSSR count). The first-order valence-corrected chi connectivity index (χ1v) is 7.45. The molecule has 1 unspecified atom stereocenters. The summed E-state index contributed by atoms with van der Waals surface area (Å²) < 4.78 is 10.2. The molecule has 1 aromatic carbocycles. The minimum Gasteiger partial charge on any atom is -0.497 e. The molecule has 0 aliphatic carbocycles. The highest BCUT2D eigenvalue weighted by molar-refractivity contribution is 5.73. The maximum Gasteiger partial charge on any atom is 0.315 e. The molecule has 0 bridgehead atoms. The van der Waals surface area contributed by atoms with E-state index in [2.05, 4.69) is 15.6 Å². The molecule has 1 aromatic heterocycles. The molecule has 2 aromatic rings. The predicted octanol–water partition coefficient (Wildman–Crippen LogP) is 1.63. The maximum atomic E-state index is 11.8. The van der Waals surface area contributed by atoms with Gasteiger partial charge >= 0.3 is 6.03 Å². The first kappa shape index (κ1) is 17.6. The van der Waals surface area contributed by atoms with Crippen LogP contribution in [0.5, 0.6) is 11.6 Å². The molecule has 1 atom stereocenters. The SMILES string of the molecule is COc1ccc(C(O)CNC(=O)NCc2cccnc2OC)cc1. The van der Waals surface area contributed by atoms with Crippen LogP contribution in [0.1, 0.15) is 17.2 Å². The number of aromatic nitrogens is 1. The third kappa shape index (κ3) is 4.85. The number of benzene rings is 1. The summed E-state index contributed by atoms with van der Waals surface area (Å²) in [6.45, 7) is 0.379. The summed E-state index contributed by atoms with van der Waals surface area (Å²) in [5.41, 5.74) is 1.47. The Morgan fingerprint density at radius 2 is 1.92 bits per heavy atom. The van der Waals surface area contributed by atoms with Crippen LogP contribution in [-0.2, 0) is 6.54 Å². The van der Waals surface area contributed by atoms with E-state index in [9.17, 15) is 9.90 Å². The number of hydrogen-bond donors (Lipinski definition) is 3. The number of aliphatic hydroxyl groups is 1. The summed E-state index contributed by atoms with van der Waals surface area (Å²) in [4.78, 5) is 15.9. The van der Waals surface area contributed by atoms with E-state index in [-0.39, 0.29) is 19.1 Å². The molecule has 2 amide bonds. The zero-order chi connectivity index (χ0) is 17.4. The number of methoxy groups -OCH3 is 2. The zero-order valence-electron chi connectivity index (χ0n) is 13.7. The van der Waals surface area contributed by atoms with E-state index < -0.39 is 6.10 Å². The van der Waals surface area contributed by atoms with Crippen molar-refractivity contribution in [3.05, 3.63) is 53.7 Å². The number of hydrogen-bond acceptors (Lipinski definition) is 5. The number of nitrogens with one attached hydrogen (secondary N) is 2. The topological polar surface area (TPSA) is 92.7 Å². The van der Waals surface area contributed by atoms with Crippen LogP contribution in [0.15, 0.2) is 42.6 Å². The molecule has 24 heavy (non-hydrogen) atoms. The summed E-state index contributed by atoms with van der Waals surface area (Å²) in [5, 5.41) is 15.4. The fourth-order valence-corrected chi connectivity index (χ4v) is 2.11. The molecular formula is C17H21N3O4. The van der Waals surface area contributed by atoms with Gasteiger partial charge in [0.1, 0.15) is 5.75 Å². The number of pyridine rings is 1. The lowest BCUT2D eigenvalue weighted by Crippen LogP contribution is -2.37. The molecule has 7 heteroatoms. The average Bonchev–Trinajstić information content (AvgIpc) is 2.64. The van der Waals surface area contributed by atoms with Gasteiger partial charge in [0, 0.05) is 24.8 Å². The van der Waals surface area contributed by atoms with Crippen molar-refractivity contribution in [2.45, 2.75) is 12.6 Å².